The molecule has 0 aromatic carbocycles. The van der Waals surface area contributed by atoms with E-state index in [0.717, 1.165) is 50.7 Å². The Kier molecular flexibility index (Phi) is 8.03. The lowest BCUT2D eigenvalue weighted by atomic mass is 9.84. The van der Waals surface area contributed by atoms with Crippen LogP contribution in [0.3, 0.4) is 0 Å². The summed E-state index contributed by atoms with van der Waals surface area (Å²) in [4.78, 5) is 53.7. The molecule has 10 nitrogen and oxygen atoms in total. The van der Waals surface area contributed by atoms with E-state index in [9.17, 15) is 24.6 Å². The molecule has 0 saturated heterocycles. The number of aromatic amines is 2. The first kappa shape index (κ1) is 30.5. The largest absolute Gasteiger partial charge is 0.481 e. The summed E-state index contributed by atoms with van der Waals surface area (Å²) in [5.41, 5.74) is 15.6. The SMILES string of the molecule is C=Cc1c(C)c2cc3nc(c(CC(N)=O)c4nc(cc5[nH]c(cc1[nH]2)c(C)c5CC)C(C)=C4C(=O)O)C(CCC(=O)O)C3C. The van der Waals surface area contributed by atoms with Crippen LogP contribution in [0, 0.1) is 13.8 Å². The van der Waals surface area contributed by atoms with E-state index in [4.69, 9.17) is 15.7 Å². The summed E-state index contributed by atoms with van der Waals surface area (Å²) in [7, 11) is 0. The molecule has 44 heavy (non-hydrogen) atoms. The van der Waals surface area contributed by atoms with Crippen molar-refractivity contribution in [2.24, 2.45) is 5.73 Å². The second-order valence-electron chi connectivity index (χ2n) is 11.6. The molecular weight excluding hydrogens is 558 g/mol. The van der Waals surface area contributed by atoms with Gasteiger partial charge in [-0.1, -0.05) is 26.5 Å². The van der Waals surface area contributed by atoms with Crippen molar-refractivity contribution in [1.29, 1.82) is 0 Å². The van der Waals surface area contributed by atoms with Crippen LogP contribution in [0.1, 0.15) is 96.0 Å². The maximum Gasteiger partial charge on any atom is 0.338 e. The molecule has 0 aliphatic carbocycles. The summed E-state index contributed by atoms with van der Waals surface area (Å²) in [6, 6.07) is 5.82. The maximum absolute atomic E-state index is 12.7. The van der Waals surface area contributed by atoms with E-state index in [1.165, 1.54) is 0 Å². The van der Waals surface area contributed by atoms with Crippen LogP contribution >= 0.6 is 0 Å². The highest BCUT2D eigenvalue weighted by Crippen LogP contribution is 2.43. The molecule has 10 heteroatoms. The van der Waals surface area contributed by atoms with Crippen molar-refractivity contribution in [3.05, 3.63) is 75.4 Å². The Bertz CT molecular complexity index is 1940. The van der Waals surface area contributed by atoms with E-state index < -0.39 is 23.8 Å². The molecule has 2 aliphatic rings. The van der Waals surface area contributed by atoms with E-state index >= 15 is 0 Å². The first-order valence-corrected chi connectivity index (χ1v) is 14.7. The van der Waals surface area contributed by atoms with Gasteiger partial charge in [0, 0.05) is 57.1 Å². The number of aryl methyl sites for hydroxylation is 3. The van der Waals surface area contributed by atoms with Gasteiger partial charge in [-0.3, -0.25) is 14.6 Å². The molecule has 0 spiro atoms. The fourth-order valence-corrected chi connectivity index (χ4v) is 6.55. The molecule has 1 amide bonds. The number of carboxylic acid groups (broad SMARTS) is 2. The summed E-state index contributed by atoms with van der Waals surface area (Å²) in [5, 5.41) is 19.9. The van der Waals surface area contributed by atoms with Crippen LogP contribution in [0.5, 0.6) is 0 Å². The zero-order chi connectivity index (χ0) is 32.0. The number of nitrogens with zero attached hydrogens (tertiary/aromatic N) is 2. The first-order chi connectivity index (χ1) is 20.9. The summed E-state index contributed by atoms with van der Waals surface area (Å²) < 4.78 is 0. The Labute approximate surface area is 254 Å². The number of fused-ring (bicyclic) bond motifs is 8. The van der Waals surface area contributed by atoms with Crippen molar-refractivity contribution in [3.63, 3.8) is 0 Å². The van der Waals surface area contributed by atoms with Gasteiger partial charge in [-0.15, -0.1) is 0 Å². The summed E-state index contributed by atoms with van der Waals surface area (Å²) in [6.45, 7) is 13.8. The van der Waals surface area contributed by atoms with E-state index in [0.29, 0.717) is 28.2 Å². The number of hydrogen-bond donors (Lipinski definition) is 5. The molecule has 6 N–H and O–H groups in total. The van der Waals surface area contributed by atoms with Gasteiger partial charge in [0.2, 0.25) is 5.91 Å². The topological polar surface area (TPSA) is 175 Å². The standard InChI is InChI=1S/C34H37N5O5/c1-7-19-15(3)23-12-25-17(5)21(9-10-30(41)42)32(38-25)22(11-29(35)40)33-31(34(43)44)18(6)26(39-33)14-28-20(8-2)16(4)24(37-28)13-27(19)36-23/h7,12-14,17,21,36-37H,1,8-11H2,2-6H3,(H2,35,40)(H,41,42)(H,43,44). The molecule has 3 aromatic rings. The fraction of sp³-hybridized carbons (Fsp3) is 0.324. The molecule has 2 atom stereocenters. The number of aliphatic carboxylic acids is 2. The first-order valence-electron chi connectivity index (χ1n) is 14.7. The molecule has 0 fully saturated rings. The van der Waals surface area contributed by atoms with Gasteiger partial charge in [0.1, 0.15) is 0 Å². The van der Waals surface area contributed by atoms with Crippen LogP contribution < -0.4 is 5.73 Å². The normalized spacial score (nSPS) is 16.3. The fourth-order valence-electron chi connectivity index (χ4n) is 6.55. The average Bonchev–Trinajstić information content (AvgIpc) is 3.63. The highest BCUT2D eigenvalue weighted by molar-refractivity contribution is 6.24. The molecule has 5 rings (SSSR count). The van der Waals surface area contributed by atoms with Crippen molar-refractivity contribution < 1.29 is 24.6 Å². The van der Waals surface area contributed by atoms with Crippen LogP contribution in [0.4, 0.5) is 0 Å². The van der Waals surface area contributed by atoms with Crippen molar-refractivity contribution >= 4 is 57.1 Å². The number of carbonyl (C=O) groups excluding carboxylic acids is 1. The van der Waals surface area contributed by atoms with Gasteiger partial charge < -0.3 is 25.9 Å². The highest BCUT2D eigenvalue weighted by Gasteiger charge is 2.35. The second-order valence-corrected chi connectivity index (χ2v) is 11.6. The number of carbonyl (C=O) groups is 3. The third kappa shape index (κ3) is 5.21. The predicted octanol–water partition coefficient (Wildman–Crippen LogP) is 5.93. The lowest BCUT2D eigenvalue weighted by Gasteiger charge is -2.17. The van der Waals surface area contributed by atoms with Crippen LogP contribution in [0.25, 0.3) is 39.3 Å². The van der Waals surface area contributed by atoms with Crippen LogP contribution in [-0.4, -0.2) is 48.0 Å². The average molecular weight is 596 g/mol. The van der Waals surface area contributed by atoms with Gasteiger partial charge in [-0.05, 0) is 74.1 Å². The van der Waals surface area contributed by atoms with E-state index in [-0.39, 0.29) is 36.4 Å². The van der Waals surface area contributed by atoms with E-state index in [2.05, 4.69) is 23.5 Å². The number of hydrogen-bond acceptors (Lipinski definition) is 5. The smallest absolute Gasteiger partial charge is 0.338 e. The number of H-pyrrole nitrogens is 2. The Hall–Kier alpha value is -4.99. The Morgan fingerprint density at radius 2 is 1.66 bits per heavy atom. The van der Waals surface area contributed by atoms with Crippen molar-refractivity contribution in [2.45, 2.75) is 72.1 Å². The number of aromatic nitrogens is 4. The molecular formula is C34H37N5O5. The number of carboxylic acids is 2. The second kappa shape index (κ2) is 11.6. The number of allylic oxidation sites excluding steroid dienone is 1. The minimum Gasteiger partial charge on any atom is -0.481 e. The van der Waals surface area contributed by atoms with Crippen LogP contribution in [-0.2, 0) is 27.2 Å². The summed E-state index contributed by atoms with van der Waals surface area (Å²) in [6.07, 6.45) is 2.35. The molecule has 0 radical (unpaired) electrons. The predicted molar refractivity (Wildman–Crippen MR) is 171 cm³/mol. The Morgan fingerprint density at radius 1 is 0.977 bits per heavy atom. The highest BCUT2D eigenvalue weighted by atomic mass is 16.4. The van der Waals surface area contributed by atoms with E-state index in [1.807, 2.05) is 45.0 Å². The van der Waals surface area contributed by atoms with Gasteiger partial charge >= 0.3 is 11.9 Å². The monoisotopic (exact) mass is 595 g/mol. The Morgan fingerprint density at radius 3 is 2.27 bits per heavy atom. The molecule has 3 aromatic heterocycles. The van der Waals surface area contributed by atoms with Crippen molar-refractivity contribution in [1.82, 2.24) is 19.9 Å². The number of nitrogens with one attached hydrogen (secondary N) is 2. The van der Waals surface area contributed by atoms with Crippen molar-refractivity contribution in [3.8, 4) is 0 Å². The lowest BCUT2D eigenvalue weighted by molar-refractivity contribution is -0.137. The zero-order valence-corrected chi connectivity index (χ0v) is 25.6. The molecule has 2 aliphatic heterocycles. The minimum atomic E-state index is -1.19. The third-order valence-electron chi connectivity index (χ3n) is 8.97. The zero-order valence-electron chi connectivity index (χ0n) is 25.6. The quantitative estimate of drug-likeness (QED) is 0.214. The summed E-state index contributed by atoms with van der Waals surface area (Å²) >= 11 is 0. The van der Waals surface area contributed by atoms with Gasteiger partial charge in [0.15, 0.2) is 0 Å². The van der Waals surface area contributed by atoms with E-state index in [1.54, 1.807) is 6.92 Å². The molecule has 2 unspecified atom stereocenters. The molecule has 0 saturated carbocycles. The van der Waals surface area contributed by atoms with Crippen LogP contribution in [0.2, 0.25) is 0 Å². The number of nitrogens with two attached hydrogens (primary N) is 1. The van der Waals surface area contributed by atoms with Gasteiger partial charge in [0.25, 0.3) is 0 Å². The van der Waals surface area contributed by atoms with Crippen LogP contribution in [0.15, 0.2) is 24.8 Å². The number of rotatable bonds is 8. The third-order valence-corrected chi connectivity index (χ3v) is 8.97. The van der Waals surface area contributed by atoms with Gasteiger partial charge in [-0.25, -0.2) is 9.78 Å². The number of primary amides is 1. The molecule has 228 valence electrons. The molecule has 8 bridgehead atoms. The molecule has 5 heterocycles. The summed E-state index contributed by atoms with van der Waals surface area (Å²) in [5.74, 6) is -3.46. The Balaban J connectivity index is 2.04. The van der Waals surface area contributed by atoms with Gasteiger partial charge in [-0.2, -0.15) is 0 Å². The van der Waals surface area contributed by atoms with Crippen molar-refractivity contribution in [2.75, 3.05) is 0 Å². The minimum absolute atomic E-state index is 0.0326. The van der Waals surface area contributed by atoms with Gasteiger partial charge in [0.05, 0.1) is 29.1 Å². The maximum atomic E-state index is 12.7. The number of amides is 1. The lowest BCUT2D eigenvalue weighted by Crippen LogP contribution is -2.18.